The number of methoxy groups -OCH3 is 1. The maximum absolute atomic E-state index is 10.7. The number of rotatable bonds is 9. The van der Waals surface area contributed by atoms with E-state index in [-0.39, 0.29) is 28.5 Å². The van der Waals surface area contributed by atoms with Gasteiger partial charge in [-0.15, -0.1) is 6.58 Å². The minimum Gasteiger partial charge on any atom is -0.394 e. The predicted molar refractivity (Wildman–Crippen MR) is 171 cm³/mol. The van der Waals surface area contributed by atoms with Crippen molar-refractivity contribution in [2.24, 2.45) is 45.3 Å². The molecule has 4 aliphatic carbocycles. The van der Waals surface area contributed by atoms with E-state index >= 15 is 0 Å². The molecular weight excluding hydrogens is 572 g/mol. The molecular formula is C37H60O8. The number of hydrogen-bond donors (Lipinski definition) is 4. The smallest absolute Gasteiger partial charge is 0.186 e. The van der Waals surface area contributed by atoms with Crippen molar-refractivity contribution >= 4 is 0 Å². The lowest BCUT2D eigenvalue weighted by Gasteiger charge is -2.65. The van der Waals surface area contributed by atoms with E-state index < -0.39 is 48.3 Å². The zero-order valence-electron chi connectivity index (χ0n) is 28.7. The Morgan fingerprint density at radius 1 is 1.00 bits per heavy atom. The molecule has 5 fully saturated rings. The SMILES string of the molecule is C=C(C)C[C@H](C[C@@H](C)[C@H]1CC[C@@]2(C)[C@@H]3C=C[C@@]45OC[C@]3(CC[C@]12C)[C@@H]4CC[C@H](O[C@@H]1O[C@H](CO)[C@@H](O)[C@@H](O)[C@H]1O)C5(C)C)OC. The number of ether oxygens (including phenoxy) is 4. The van der Waals surface area contributed by atoms with Gasteiger partial charge in [0.15, 0.2) is 6.29 Å². The lowest BCUT2D eigenvalue weighted by molar-refractivity contribution is -0.329. The van der Waals surface area contributed by atoms with Gasteiger partial charge < -0.3 is 39.4 Å². The average Bonchev–Trinajstić information content (AvgIpc) is 3.39. The summed E-state index contributed by atoms with van der Waals surface area (Å²) < 4.78 is 25.2. The molecule has 256 valence electrons. The van der Waals surface area contributed by atoms with Crippen LogP contribution < -0.4 is 0 Å². The van der Waals surface area contributed by atoms with Gasteiger partial charge in [-0.2, -0.15) is 0 Å². The van der Waals surface area contributed by atoms with Gasteiger partial charge in [-0.25, -0.2) is 0 Å². The molecule has 15 atom stereocenters. The van der Waals surface area contributed by atoms with Gasteiger partial charge in [0.05, 0.1) is 31.0 Å². The third-order valence-corrected chi connectivity index (χ3v) is 14.7. The molecule has 0 radical (unpaired) electrons. The summed E-state index contributed by atoms with van der Waals surface area (Å²) in [6.07, 6.45) is 7.04. The Balaban J connectivity index is 1.25. The summed E-state index contributed by atoms with van der Waals surface area (Å²) in [4.78, 5) is 0. The van der Waals surface area contributed by atoms with Crippen molar-refractivity contribution in [3.8, 4) is 0 Å². The van der Waals surface area contributed by atoms with E-state index in [9.17, 15) is 20.4 Å². The molecule has 2 saturated heterocycles. The third kappa shape index (κ3) is 4.74. The molecule has 2 bridgehead atoms. The Labute approximate surface area is 270 Å². The van der Waals surface area contributed by atoms with Crippen LogP contribution in [0.5, 0.6) is 0 Å². The molecule has 0 aromatic rings. The van der Waals surface area contributed by atoms with Gasteiger partial charge in [-0.3, -0.25) is 0 Å². The van der Waals surface area contributed by atoms with Gasteiger partial charge in [0.2, 0.25) is 0 Å². The second-order valence-corrected chi connectivity index (χ2v) is 17.0. The number of allylic oxidation sites excluding steroid dienone is 1. The van der Waals surface area contributed by atoms with Crippen LogP contribution in [-0.2, 0) is 18.9 Å². The van der Waals surface area contributed by atoms with E-state index in [4.69, 9.17) is 18.9 Å². The van der Waals surface area contributed by atoms with E-state index in [2.05, 4.69) is 60.3 Å². The molecule has 4 N–H and O–H groups in total. The summed E-state index contributed by atoms with van der Waals surface area (Å²) in [5, 5.41) is 41.1. The highest BCUT2D eigenvalue weighted by Gasteiger charge is 2.75. The summed E-state index contributed by atoms with van der Waals surface area (Å²) in [5.41, 5.74) is 0.767. The molecule has 0 unspecified atom stereocenters. The predicted octanol–water partition coefficient (Wildman–Crippen LogP) is 4.77. The van der Waals surface area contributed by atoms with Gasteiger partial charge in [-0.05, 0) is 86.9 Å². The van der Waals surface area contributed by atoms with Crippen LogP contribution in [0, 0.1) is 45.3 Å². The van der Waals surface area contributed by atoms with E-state index in [1.807, 2.05) is 7.11 Å². The molecule has 45 heavy (non-hydrogen) atoms. The highest BCUT2D eigenvalue weighted by molar-refractivity contribution is 5.33. The molecule has 0 amide bonds. The Kier molecular flexibility index (Phi) is 8.81. The standard InChI is InChI=1S/C37H60O8/c1-21(2)17-23(42-8)18-22(3)24-11-13-35(7)26-12-14-37-27(36(26,20-43-37)16-15-34(24,35)6)9-10-28(33(37,4)5)45-32-31(41)30(40)29(39)25(19-38)44-32/h12,14,22-32,38-41H,1,9-11,13,15-20H2,2-8H3/t22-,23-,24-,25-,26+,27+,28+,29-,30-,31-,32+,34-,35+,36+,37-/m1/s1. The highest BCUT2D eigenvalue weighted by atomic mass is 16.7. The van der Waals surface area contributed by atoms with Gasteiger partial charge in [0.1, 0.15) is 24.4 Å². The molecule has 3 saturated carbocycles. The highest BCUT2D eigenvalue weighted by Crippen LogP contribution is 2.77. The minimum atomic E-state index is -1.46. The van der Waals surface area contributed by atoms with E-state index in [0.717, 1.165) is 38.7 Å². The van der Waals surface area contributed by atoms with Crippen molar-refractivity contribution in [3.05, 3.63) is 24.3 Å². The average molecular weight is 633 g/mol. The number of aliphatic hydroxyl groups excluding tert-OH is 4. The monoisotopic (exact) mass is 632 g/mol. The molecule has 1 spiro atoms. The summed E-state index contributed by atoms with van der Waals surface area (Å²) in [6, 6.07) is 0. The van der Waals surface area contributed by atoms with Crippen LogP contribution in [0.1, 0.15) is 92.9 Å². The van der Waals surface area contributed by atoms with Crippen LogP contribution in [0.3, 0.4) is 0 Å². The van der Waals surface area contributed by atoms with Crippen LogP contribution in [0.4, 0.5) is 0 Å². The normalized spacial score (nSPS) is 51.2. The van der Waals surface area contributed by atoms with Crippen LogP contribution in [-0.4, -0.2) is 89.3 Å². The molecule has 2 heterocycles. The maximum atomic E-state index is 10.7. The van der Waals surface area contributed by atoms with Crippen LogP contribution >= 0.6 is 0 Å². The maximum Gasteiger partial charge on any atom is 0.186 e. The summed E-state index contributed by atoms with van der Waals surface area (Å²) in [6.45, 7) is 18.6. The van der Waals surface area contributed by atoms with Crippen LogP contribution in [0.25, 0.3) is 0 Å². The molecule has 0 aromatic heterocycles. The summed E-state index contributed by atoms with van der Waals surface area (Å²) in [7, 11) is 1.84. The Hall–Kier alpha value is -0.840. The fraction of sp³-hybridized carbons (Fsp3) is 0.892. The fourth-order valence-electron chi connectivity index (χ4n) is 12.0. The van der Waals surface area contributed by atoms with Crippen molar-refractivity contribution in [1.29, 1.82) is 0 Å². The quantitative estimate of drug-likeness (QED) is 0.269. The van der Waals surface area contributed by atoms with Gasteiger partial charge in [0, 0.05) is 23.9 Å². The second kappa shape index (κ2) is 11.6. The van der Waals surface area contributed by atoms with Gasteiger partial charge in [-0.1, -0.05) is 52.3 Å². The molecule has 8 heteroatoms. The lowest BCUT2D eigenvalue weighted by Crippen LogP contribution is -2.66. The van der Waals surface area contributed by atoms with Gasteiger partial charge in [0.25, 0.3) is 0 Å². The van der Waals surface area contributed by atoms with Crippen molar-refractivity contribution < 1.29 is 39.4 Å². The molecule has 8 nitrogen and oxygen atoms in total. The van der Waals surface area contributed by atoms with Crippen molar-refractivity contribution in [3.63, 3.8) is 0 Å². The van der Waals surface area contributed by atoms with Crippen molar-refractivity contribution in [1.82, 2.24) is 0 Å². The first-order valence-corrected chi connectivity index (χ1v) is 17.6. The van der Waals surface area contributed by atoms with Gasteiger partial charge >= 0.3 is 0 Å². The molecule has 6 rings (SSSR count). The lowest BCUT2D eigenvalue weighted by atomic mass is 9.38. The Bertz CT molecular complexity index is 1150. The zero-order chi connectivity index (χ0) is 32.7. The largest absolute Gasteiger partial charge is 0.394 e. The Morgan fingerprint density at radius 3 is 2.40 bits per heavy atom. The number of fused-ring (bicyclic) bond motifs is 2. The first-order chi connectivity index (χ1) is 21.1. The first-order valence-electron chi connectivity index (χ1n) is 17.6. The fourth-order valence-corrected chi connectivity index (χ4v) is 12.0. The number of aliphatic hydroxyl groups is 4. The number of hydrogen-bond acceptors (Lipinski definition) is 8. The van der Waals surface area contributed by atoms with Crippen LogP contribution in [0.2, 0.25) is 0 Å². The molecule has 2 aliphatic heterocycles. The van der Waals surface area contributed by atoms with Crippen molar-refractivity contribution in [2.45, 2.75) is 141 Å². The zero-order valence-corrected chi connectivity index (χ0v) is 28.7. The van der Waals surface area contributed by atoms with E-state index in [1.165, 1.54) is 24.8 Å². The minimum absolute atomic E-state index is 0.0849. The summed E-state index contributed by atoms with van der Waals surface area (Å²) in [5.74, 6) is 2.06. The van der Waals surface area contributed by atoms with E-state index in [0.29, 0.717) is 23.7 Å². The van der Waals surface area contributed by atoms with Crippen molar-refractivity contribution in [2.75, 3.05) is 20.3 Å². The third-order valence-electron chi connectivity index (χ3n) is 14.7. The summed E-state index contributed by atoms with van der Waals surface area (Å²) >= 11 is 0. The van der Waals surface area contributed by atoms with E-state index in [1.54, 1.807) is 0 Å². The second-order valence-electron chi connectivity index (χ2n) is 17.0. The Morgan fingerprint density at radius 2 is 1.73 bits per heavy atom. The molecule has 0 aromatic carbocycles. The topological polar surface area (TPSA) is 118 Å². The molecule has 6 aliphatic rings. The first kappa shape index (κ1) is 34.0. The van der Waals surface area contributed by atoms with Crippen LogP contribution in [0.15, 0.2) is 24.3 Å².